The average Bonchev–Trinajstić information content (AvgIpc) is 3.04. The maximum absolute atomic E-state index is 12.0. The van der Waals surface area contributed by atoms with E-state index in [4.69, 9.17) is 0 Å². The summed E-state index contributed by atoms with van der Waals surface area (Å²) in [5.41, 5.74) is 2.41. The van der Waals surface area contributed by atoms with Crippen LogP contribution >= 0.6 is 11.3 Å². The van der Waals surface area contributed by atoms with Crippen LogP contribution in [0.4, 0.5) is 0 Å². The lowest BCUT2D eigenvalue weighted by Crippen LogP contribution is -2.38. The van der Waals surface area contributed by atoms with Crippen LogP contribution in [0.1, 0.15) is 29.3 Å². The normalized spacial score (nSPS) is 12.3. The number of hydrogen-bond acceptors (Lipinski definition) is 4. The monoisotopic (exact) mass is 292 g/mol. The van der Waals surface area contributed by atoms with Crippen LogP contribution in [0.25, 0.3) is 11.3 Å². The van der Waals surface area contributed by atoms with Gasteiger partial charge in [-0.3, -0.25) is 4.79 Å². The van der Waals surface area contributed by atoms with E-state index in [-0.39, 0.29) is 11.9 Å². The van der Waals surface area contributed by atoms with E-state index in [1.807, 2.05) is 38.4 Å². The van der Waals surface area contributed by atoms with Crippen molar-refractivity contribution < 1.29 is 4.79 Å². The summed E-state index contributed by atoms with van der Waals surface area (Å²) in [5.74, 6) is -0.0899. The first-order chi connectivity index (χ1) is 9.60. The van der Waals surface area contributed by atoms with E-state index >= 15 is 0 Å². The van der Waals surface area contributed by atoms with Gasteiger partial charge in [0.15, 0.2) is 0 Å². The molecule has 0 aromatic carbocycles. The second-order valence-corrected chi connectivity index (χ2v) is 5.78. The molecule has 2 rings (SSSR count). The highest BCUT2D eigenvalue weighted by Gasteiger charge is 2.11. The number of likely N-dealkylation sites (N-methyl/N-ethyl adjacent to an activating group) is 1. The van der Waals surface area contributed by atoms with Crippen molar-refractivity contribution in [3.05, 3.63) is 28.3 Å². The molecule has 0 saturated heterocycles. The second-order valence-electron chi connectivity index (χ2n) is 4.72. The van der Waals surface area contributed by atoms with Gasteiger partial charge < -0.3 is 15.6 Å². The first kappa shape index (κ1) is 14.7. The molecule has 6 heteroatoms. The maximum Gasteiger partial charge on any atom is 0.267 e. The third-order valence-electron chi connectivity index (χ3n) is 2.96. The van der Waals surface area contributed by atoms with Crippen molar-refractivity contribution in [2.75, 3.05) is 13.1 Å². The van der Waals surface area contributed by atoms with E-state index in [0.29, 0.717) is 12.2 Å². The maximum atomic E-state index is 12.0. The minimum Gasteiger partial charge on any atom is -0.357 e. The fourth-order valence-corrected chi connectivity index (χ4v) is 2.55. The molecule has 0 aliphatic heterocycles. The molecule has 0 saturated carbocycles. The predicted molar refractivity (Wildman–Crippen MR) is 82.1 cm³/mol. The molecule has 0 fully saturated rings. The Morgan fingerprint density at radius 2 is 2.35 bits per heavy atom. The van der Waals surface area contributed by atoms with Crippen molar-refractivity contribution in [1.29, 1.82) is 0 Å². The van der Waals surface area contributed by atoms with Crippen molar-refractivity contribution in [1.82, 2.24) is 20.6 Å². The van der Waals surface area contributed by atoms with E-state index in [1.165, 1.54) is 0 Å². The number of aromatic nitrogens is 2. The van der Waals surface area contributed by atoms with Crippen molar-refractivity contribution in [3.8, 4) is 11.3 Å². The second kappa shape index (κ2) is 6.67. The Morgan fingerprint density at radius 1 is 1.55 bits per heavy atom. The Balaban J connectivity index is 1.96. The van der Waals surface area contributed by atoms with Gasteiger partial charge in [-0.2, -0.15) is 0 Å². The van der Waals surface area contributed by atoms with Gasteiger partial charge in [0.1, 0.15) is 5.69 Å². The van der Waals surface area contributed by atoms with Gasteiger partial charge >= 0.3 is 0 Å². The van der Waals surface area contributed by atoms with Crippen LogP contribution in [0.15, 0.2) is 17.6 Å². The Bertz CT molecular complexity index is 575. The number of nitrogens with zero attached hydrogens (tertiary/aromatic N) is 1. The Kier molecular flexibility index (Phi) is 4.92. The van der Waals surface area contributed by atoms with Crippen LogP contribution < -0.4 is 10.6 Å². The minimum absolute atomic E-state index is 0.0899. The lowest BCUT2D eigenvalue weighted by atomic mass is 10.2. The van der Waals surface area contributed by atoms with Gasteiger partial charge in [-0.1, -0.05) is 6.92 Å². The quantitative estimate of drug-likeness (QED) is 0.764. The van der Waals surface area contributed by atoms with E-state index in [9.17, 15) is 4.79 Å². The number of rotatable bonds is 6. The molecule has 0 spiro atoms. The lowest BCUT2D eigenvalue weighted by Gasteiger charge is -2.12. The van der Waals surface area contributed by atoms with Crippen molar-refractivity contribution >= 4 is 17.2 Å². The molecule has 0 bridgehead atoms. The van der Waals surface area contributed by atoms with Crippen molar-refractivity contribution in [2.45, 2.75) is 26.8 Å². The van der Waals surface area contributed by atoms with Gasteiger partial charge in [-0.15, -0.1) is 11.3 Å². The summed E-state index contributed by atoms with van der Waals surface area (Å²) in [4.78, 5) is 19.4. The number of carbonyl (C=O) groups excluding carboxylic acids is 1. The molecule has 1 atom stereocenters. The molecule has 0 unspecified atom stereocenters. The fraction of sp³-hybridized carbons (Fsp3) is 0.429. The number of nitrogens with one attached hydrogen (secondary N) is 3. The number of aryl methyl sites for hydroxylation is 1. The lowest BCUT2D eigenvalue weighted by molar-refractivity contribution is 0.0946. The third kappa shape index (κ3) is 3.68. The molecule has 2 heterocycles. The zero-order chi connectivity index (χ0) is 14.5. The number of H-pyrrole nitrogens is 1. The standard InChI is InChI=1S/C14H20N4OS/c1-4-15-9(2)6-17-14(19)12-5-11(7-16-12)13-8-20-10(3)18-13/h5,7-9,15-16H,4,6H2,1-3H3,(H,17,19)/t9-/m1/s1. The number of amides is 1. The fourth-order valence-electron chi connectivity index (χ4n) is 1.93. The van der Waals surface area contributed by atoms with Crippen molar-refractivity contribution in [3.63, 3.8) is 0 Å². The van der Waals surface area contributed by atoms with Gasteiger partial charge in [0.2, 0.25) is 0 Å². The summed E-state index contributed by atoms with van der Waals surface area (Å²) >= 11 is 1.60. The molecule has 0 aliphatic rings. The minimum atomic E-state index is -0.0899. The van der Waals surface area contributed by atoms with Crippen LogP contribution in [0.3, 0.4) is 0 Å². The molecular formula is C14H20N4OS. The summed E-state index contributed by atoms with van der Waals surface area (Å²) in [5, 5.41) is 9.17. The van der Waals surface area contributed by atoms with Crippen LogP contribution in [-0.2, 0) is 0 Å². The first-order valence-electron chi connectivity index (χ1n) is 6.72. The Morgan fingerprint density at radius 3 is 3.00 bits per heavy atom. The SMILES string of the molecule is CCN[C@H](C)CNC(=O)c1cc(-c2csc(C)n2)c[nH]1. The molecule has 0 aliphatic carbocycles. The highest BCUT2D eigenvalue weighted by atomic mass is 32.1. The molecule has 2 aromatic heterocycles. The number of hydrogen-bond donors (Lipinski definition) is 3. The van der Waals surface area contributed by atoms with Gasteiger partial charge in [0.25, 0.3) is 5.91 Å². The number of aromatic amines is 1. The number of thiazole rings is 1. The summed E-state index contributed by atoms with van der Waals surface area (Å²) in [6, 6.07) is 2.10. The summed E-state index contributed by atoms with van der Waals surface area (Å²) in [6.45, 7) is 7.56. The van der Waals surface area contributed by atoms with E-state index in [1.54, 1.807) is 11.3 Å². The topological polar surface area (TPSA) is 69.8 Å². The smallest absolute Gasteiger partial charge is 0.267 e. The number of carbonyl (C=O) groups is 1. The van der Waals surface area contributed by atoms with Gasteiger partial charge in [0, 0.05) is 29.7 Å². The first-order valence-corrected chi connectivity index (χ1v) is 7.60. The van der Waals surface area contributed by atoms with Crippen LogP contribution in [-0.4, -0.2) is 35.0 Å². The zero-order valence-electron chi connectivity index (χ0n) is 12.0. The Labute approximate surface area is 122 Å². The summed E-state index contributed by atoms with van der Waals surface area (Å²) < 4.78 is 0. The molecular weight excluding hydrogens is 272 g/mol. The highest BCUT2D eigenvalue weighted by molar-refractivity contribution is 7.09. The van der Waals surface area contributed by atoms with Crippen LogP contribution in [0.5, 0.6) is 0 Å². The summed E-state index contributed by atoms with van der Waals surface area (Å²) in [7, 11) is 0. The van der Waals surface area contributed by atoms with Gasteiger partial charge in [-0.05, 0) is 26.5 Å². The van der Waals surface area contributed by atoms with Crippen molar-refractivity contribution in [2.24, 2.45) is 0 Å². The molecule has 0 radical (unpaired) electrons. The molecule has 20 heavy (non-hydrogen) atoms. The largest absolute Gasteiger partial charge is 0.357 e. The third-order valence-corrected chi connectivity index (χ3v) is 3.74. The van der Waals surface area contributed by atoms with Gasteiger partial charge in [0.05, 0.1) is 10.7 Å². The zero-order valence-corrected chi connectivity index (χ0v) is 12.8. The summed E-state index contributed by atoms with van der Waals surface area (Å²) in [6.07, 6.45) is 1.82. The molecule has 2 aromatic rings. The average molecular weight is 292 g/mol. The molecule has 1 amide bonds. The molecule has 5 nitrogen and oxygen atoms in total. The molecule has 108 valence electrons. The predicted octanol–water partition coefficient (Wildman–Crippen LogP) is 2.17. The molecule has 3 N–H and O–H groups in total. The Hall–Kier alpha value is -1.66. The van der Waals surface area contributed by atoms with E-state index in [0.717, 1.165) is 22.8 Å². The van der Waals surface area contributed by atoms with Crippen LogP contribution in [0, 0.1) is 6.92 Å². The van der Waals surface area contributed by atoms with E-state index < -0.39 is 0 Å². The van der Waals surface area contributed by atoms with Crippen LogP contribution in [0.2, 0.25) is 0 Å². The highest BCUT2D eigenvalue weighted by Crippen LogP contribution is 2.22. The van der Waals surface area contributed by atoms with E-state index in [2.05, 4.69) is 20.6 Å². The van der Waals surface area contributed by atoms with Gasteiger partial charge in [-0.25, -0.2) is 4.98 Å².